The van der Waals surface area contributed by atoms with E-state index in [0.29, 0.717) is 0 Å². The summed E-state index contributed by atoms with van der Waals surface area (Å²) in [6.45, 7) is 8.01. The molecule has 112 valence electrons. The van der Waals surface area contributed by atoms with E-state index < -0.39 is 5.82 Å². The van der Waals surface area contributed by atoms with E-state index in [1.165, 1.54) is 12.1 Å². The number of amides is 1. The second kappa shape index (κ2) is 7.88. The third kappa shape index (κ3) is 4.22. The Hall–Kier alpha value is -1.58. The molecule has 1 rings (SSSR count). The van der Waals surface area contributed by atoms with Crippen LogP contribution in [0.15, 0.2) is 24.3 Å². The third-order valence-corrected chi connectivity index (χ3v) is 3.61. The average molecular weight is 281 g/mol. The number of para-hydroxylation sites is 1. The van der Waals surface area contributed by atoms with Crippen molar-refractivity contribution in [1.29, 1.82) is 0 Å². The molecule has 0 radical (unpaired) electrons. The molecule has 20 heavy (non-hydrogen) atoms. The predicted molar refractivity (Wildman–Crippen MR) is 78.2 cm³/mol. The second-order valence-corrected chi connectivity index (χ2v) is 5.03. The molecule has 0 aliphatic rings. The van der Waals surface area contributed by atoms with Gasteiger partial charge in [-0.25, -0.2) is 4.39 Å². The first kappa shape index (κ1) is 16.5. The van der Waals surface area contributed by atoms with Crippen molar-refractivity contribution in [2.24, 2.45) is 0 Å². The Morgan fingerprint density at radius 1 is 1.20 bits per heavy atom. The summed E-state index contributed by atoms with van der Waals surface area (Å²) >= 11 is 0. The van der Waals surface area contributed by atoms with Gasteiger partial charge in [-0.2, -0.15) is 0 Å². The standard InChI is InChI=1S/C16H24FNO2/c1-5-12(3)18(13(4)6-2)16(19)11-20-15-10-8-7-9-14(15)17/h7-10,12-13H,5-6,11H2,1-4H3. The zero-order chi connectivity index (χ0) is 15.1. The summed E-state index contributed by atoms with van der Waals surface area (Å²) in [6.07, 6.45) is 1.77. The van der Waals surface area contributed by atoms with E-state index in [4.69, 9.17) is 4.74 Å². The van der Waals surface area contributed by atoms with Crippen molar-refractivity contribution in [3.63, 3.8) is 0 Å². The Labute approximate surface area is 120 Å². The Bertz CT molecular complexity index is 426. The zero-order valence-corrected chi connectivity index (χ0v) is 12.7. The van der Waals surface area contributed by atoms with Gasteiger partial charge in [0.2, 0.25) is 0 Å². The molecule has 0 bridgehead atoms. The van der Waals surface area contributed by atoms with E-state index in [1.807, 2.05) is 32.6 Å². The maximum absolute atomic E-state index is 13.4. The summed E-state index contributed by atoms with van der Waals surface area (Å²) in [5, 5.41) is 0. The van der Waals surface area contributed by atoms with Crippen LogP contribution in [-0.4, -0.2) is 29.5 Å². The molecule has 0 fully saturated rings. The van der Waals surface area contributed by atoms with Crippen molar-refractivity contribution in [1.82, 2.24) is 4.90 Å². The monoisotopic (exact) mass is 281 g/mol. The van der Waals surface area contributed by atoms with Crippen molar-refractivity contribution in [2.45, 2.75) is 52.6 Å². The van der Waals surface area contributed by atoms with Crippen molar-refractivity contribution < 1.29 is 13.9 Å². The van der Waals surface area contributed by atoms with Crippen LogP contribution in [0.2, 0.25) is 0 Å². The molecule has 0 N–H and O–H groups in total. The van der Waals surface area contributed by atoms with Gasteiger partial charge >= 0.3 is 0 Å². The van der Waals surface area contributed by atoms with Crippen LogP contribution in [0, 0.1) is 5.82 Å². The molecule has 0 aliphatic carbocycles. The molecule has 2 atom stereocenters. The largest absolute Gasteiger partial charge is 0.481 e. The zero-order valence-electron chi connectivity index (χ0n) is 12.7. The van der Waals surface area contributed by atoms with Crippen LogP contribution < -0.4 is 4.74 Å². The van der Waals surface area contributed by atoms with Crippen LogP contribution in [0.1, 0.15) is 40.5 Å². The van der Waals surface area contributed by atoms with Crippen LogP contribution in [0.4, 0.5) is 4.39 Å². The van der Waals surface area contributed by atoms with E-state index in [0.717, 1.165) is 12.8 Å². The van der Waals surface area contributed by atoms with E-state index in [-0.39, 0.29) is 30.3 Å². The molecule has 0 saturated carbocycles. The number of nitrogens with zero attached hydrogens (tertiary/aromatic N) is 1. The van der Waals surface area contributed by atoms with Crippen molar-refractivity contribution in [2.75, 3.05) is 6.61 Å². The lowest BCUT2D eigenvalue weighted by Crippen LogP contribution is -2.46. The minimum atomic E-state index is -0.445. The van der Waals surface area contributed by atoms with E-state index >= 15 is 0 Å². The van der Waals surface area contributed by atoms with Crippen molar-refractivity contribution in [3.05, 3.63) is 30.1 Å². The van der Waals surface area contributed by atoms with Crippen molar-refractivity contribution in [3.8, 4) is 5.75 Å². The summed E-state index contributed by atoms with van der Waals surface area (Å²) in [5.41, 5.74) is 0. The summed E-state index contributed by atoms with van der Waals surface area (Å²) in [4.78, 5) is 14.1. The number of carbonyl (C=O) groups excluding carboxylic acids is 1. The first-order valence-electron chi connectivity index (χ1n) is 7.19. The average Bonchev–Trinajstić information content (AvgIpc) is 2.46. The van der Waals surface area contributed by atoms with Gasteiger partial charge < -0.3 is 9.64 Å². The highest BCUT2D eigenvalue weighted by molar-refractivity contribution is 5.78. The number of ether oxygens (including phenoxy) is 1. The summed E-state index contributed by atoms with van der Waals surface area (Å²) in [6, 6.07) is 6.43. The molecular formula is C16H24FNO2. The fourth-order valence-electron chi connectivity index (χ4n) is 2.10. The van der Waals surface area contributed by atoms with Gasteiger partial charge in [0.15, 0.2) is 18.2 Å². The lowest BCUT2D eigenvalue weighted by Gasteiger charge is -2.33. The number of benzene rings is 1. The summed E-state index contributed by atoms with van der Waals surface area (Å²) in [5.74, 6) is -0.426. The molecule has 3 nitrogen and oxygen atoms in total. The SMILES string of the molecule is CCC(C)N(C(=O)COc1ccccc1F)C(C)CC. The Morgan fingerprint density at radius 2 is 1.75 bits per heavy atom. The van der Waals surface area contributed by atoms with Gasteiger partial charge in [-0.05, 0) is 38.8 Å². The lowest BCUT2D eigenvalue weighted by molar-refractivity contribution is -0.138. The number of hydrogen-bond donors (Lipinski definition) is 0. The Balaban J connectivity index is 2.69. The molecule has 0 saturated heterocycles. The lowest BCUT2D eigenvalue weighted by atomic mass is 10.1. The van der Waals surface area contributed by atoms with Crippen LogP contribution in [0.3, 0.4) is 0 Å². The second-order valence-electron chi connectivity index (χ2n) is 5.03. The highest BCUT2D eigenvalue weighted by Gasteiger charge is 2.23. The summed E-state index contributed by atoms with van der Waals surface area (Å²) in [7, 11) is 0. The maximum Gasteiger partial charge on any atom is 0.260 e. The van der Waals surface area contributed by atoms with E-state index in [2.05, 4.69) is 0 Å². The first-order chi connectivity index (χ1) is 9.51. The molecule has 0 aromatic heterocycles. The minimum absolute atomic E-state index is 0.100. The predicted octanol–water partition coefficient (Wildman–Crippen LogP) is 3.63. The van der Waals surface area contributed by atoms with Crippen LogP contribution in [-0.2, 0) is 4.79 Å². The first-order valence-corrected chi connectivity index (χ1v) is 7.19. The number of rotatable bonds is 7. The van der Waals surface area contributed by atoms with Gasteiger partial charge in [-0.1, -0.05) is 26.0 Å². The maximum atomic E-state index is 13.4. The number of carbonyl (C=O) groups is 1. The quantitative estimate of drug-likeness (QED) is 0.764. The number of hydrogen-bond acceptors (Lipinski definition) is 2. The number of halogens is 1. The van der Waals surface area contributed by atoms with Gasteiger partial charge in [0.05, 0.1) is 0 Å². The molecule has 4 heteroatoms. The normalized spacial score (nSPS) is 13.7. The third-order valence-electron chi connectivity index (χ3n) is 3.61. The van der Waals surface area contributed by atoms with Crippen LogP contribution in [0.5, 0.6) is 5.75 Å². The molecular weight excluding hydrogens is 257 g/mol. The Kier molecular flexibility index (Phi) is 6.49. The van der Waals surface area contributed by atoms with Crippen LogP contribution >= 0.6 is 0 Å². The van der Waals surface area contributed by atoms with E-state index in [9.17, 15) is 9.18 Å². The smallest absolute Gasteiger partial charge is 0.260 e. The fourth-order valence-corrected chi connectivity index (χ4v) is 2.10. The van der Waals surface area contributed by atoms with Gasteiger partial charge in [-0.15, -0.1) is 0 Å². The Morgan fingerprint density at radius 3 is 2.25 bits per heavy atom. The summed E-state index contributed by atoms with van der Waals surface area (Å²) < 4.78 is 18.7. The highest BCUT2D eigenvalue weighted by Crippen LogP contribution is 2.17. The van der Waals surface area contributed by atoms with Gasteiger partial charge in [-0.3, -0.25) is 4.79 Å². The molecule has 0 aliphatic heterocycles. The van der Waals surface area contributed by atoms with Gasteiger partial charge in [0.1, 0.15) is 0 Å². The molecule has 1 aromatic rings. The minimum Gasteiger partial charge on any atom is -0.481 e. The topological polar surface area (TPSA) is 29.5 Å². The molecule has 2 unspecified atom stereocenters. The molecule has 1 amide bonds. The molecule has 1 aromatic carbocycles. The highest BCUT2D eigenvalue weighted by atomic mass is 19.1. The van der Waals surface area contributed by atoms with Gasteiger partial charge in [0.25, 0.3) is 5.91 Å². The van der Waals surface area contributed by atoms with Crippen molar-refractivity contribution >= 4 is 5.91 Å². The van der Waals surface area contributed by atoms with Crippen LogP contribution in [0.25, 0.3) is 0 Å². The van der Waals surface area contributed by atoms with Gasteiger partial charge in [0, 0.05) is 12.1 Å². The van der Waals surface area contributed by atoms with E-state index in [1.54, 1.807) is 12.1 Å². The molecule has 0 heterocycles. The molecule has 0 spiro atoms. The fraction of sp³-hybridized carbons (Fsp3) is 0.562.